The fourth-order valence-electron chi connectivity index (χ4n) is 3.38. The van der Waals surface area contributed by atoms with Gasteiger partial charge < -0.3 is 10.2 Å². The van der Waals surface area contributed by atoms with Crippen molar-refractivity contribution in [3.8, 4) is 0 Å². The second-order valence-electron chi connectivity index (χ2n) is 6.62. The summed E-state index contributed by atoms with van der Waals surface area (Å²) in [5.74, 6) is 2.05. The summed E-state index contributed by atoms with van der Waals surface area (Å²) in [6.07, 6.45) is 4.25. The van der Waals surface area contributed by atoms with E-state index in [1.807, 2.05) is 19.1 Å². The number of hydrogen-bond acceptors (Lipinski definition) is 6. The maximum Gasteiger partial charge on any atom is 0.152 e. The number of nitrogens with zero attached hydrogens (tertiary/aromatic N) is 3. The average molecular weight is 375 g/mol. The van der Waals surface area contributed by atoms with Crippen molar-refractivity contribution in [2.75, 3.05) is 34.8 Å². The molecule has 7 heteroatoms. The van der Waals surface area contributed by atoms with E-state index in [1.54, 1.807) is 6.33 Å². The third-order valence-corrected chi connectivity index (χ3v) is 6.48. The van der Waals surface area contributed by atoms with Gasteiger partial charge >= 0.3 is 0 Å². The lowest BCUT2D eigenvalue weighted by Gasteiger charge is -2.28. The number of anilines is 2. The first-order valence-corrected chi connectivity index (χ1v) is 11.0. The minimum absolute atomic E-state index is 0.00540. The van der Waals surface area contributed by atoms with Crippen molar-refractivity contribution in [1.29, 1.82) is 0 Å². The number of benzene rings is 1. The highest BCUT2D eigenvalue weighted by Crippen LogP contribution is 2.23. The van der Waals surface area contributed by atoms with Gasteiger partial charge in [0, 0.05) is 25.2 Å². The normalized spacial score (nSPS) is 18.6. The Labute approximate surface area is 155 Å². The molecule has 140 valence electrons. The minimum atomic E-state index is -2.91. The lowest BCUT2D eigenvalue weighted by atomic mass is 10.1. The summed E-state index contributed by atoms with van der Waals surface area (Å²) in [7, 11) is -2.91. The molecule has 0 amide bonds. The van der Waals surface area contributed by atoms with Crippen LogP contribution in [0.4, 0.5) is 11.6 Å². The van der Waals surface area contributed by atoms with Crippen molar-refractivity contribution in [3.63, 3.8) is 0 Å². The molecule has 1 unspecified atom stereocenters. The molecule has 1 aromatic carbocycles. The van der Waals surface area contributed by atoms with Crippen LogP contribution in [0.2, 0.25) is 0 Å². The van der Waals surface area contributed by atoms with E-state index in [9.17, 15) is 8.42 Å². The summed E-state index contributed by atoms with van der Waals surface area (Å²) in [4.78, 5) is 10.7. The number of nitrogens with one attached hydrogen (secondary N) is 1. The molecule has 1 aliphatic rings. The summed E-state index contributed by atoms with van der Waals surface area (Å²) in [5.41, 5.74) is 1.33. The highest BCUT2D eigenvalue weighted by atomic mass is 32.2. The van der Waals surface area contributed by atoms with E-state index in [-0.39, 0.29) is 17.5 Å². The third kappa shape index (κ3) is 4.94. The predicted molar refractivity (Wildman–Crippen MR) is 105 cm³/mol. The van der Waals surface area contributed by atoms with Crippen molar-refractivity contribution in [1.82, 2.24) is 9.97 Å². The van der Waals surface area contributed by atoms with Gasteiger partial charge in [0.1, 0.15) is 18.0 Å². The second-order valence-corrected chi connectivity index (χ2v) is 8.85. The van der Waals surface area contributed by atoms with Crippen LogP contribution in [0.15, 0.2) is 42.7 Å². The van der Waals surface area contributed by atoms with Crippen LogP contribution in [0.3, 0.4) is 0 Å². The molecule has 1 fully saturated rings. The summed E-state index contributed by atoms with van der Waals surface area (Å²) >= 11 is 0. The Balaban J connectivity index is 1.57. The van der Waals surface area contributed by atoms with Crippen LogP contribution in [0.5, 0.6) is 0 Å². The van der Waals surface area contributed by atoms with Crippen molar-refractivity contribution in [2.24, 2.45) is 0 Å². The summed E-state index contributed by atoms with van der Waals surface area (Å²) in [6, 6.07) is 12.3. The van der Waals surface area contributed by atoms with Crippen molar-refractivity contribution in [2.45, 2.75) is 32.2 Å². The standard InChI is InChI=1S/C19H26N4O2S/c1-2-23(17-10-12-26(24,25)14-17)19-13-18(21-15-22-19)20-11-6-9-16-7-4-3-5-8-16/h3-5,7-8,13,15,17H,2,6,9-12,14H2,1H3,(H,20,21,22). The quantitative estimate of drug-likeness (QED) is 0.716. The lowest BCUT2D eigenvalue weighted by molar-refractivity contribution is 0.599. The van der Waals surface area contributed by atoms with E-state index < -0.39 is 9.84 Å². The Bertz CT molecular complexity index is 811. The first-order valence-electron chi connectivity index (χ1n) is 9.14. The monoisotopic (exact) mass is 374 g/mol. The SMILES string of the molecule is CCN(c1cc(NCCCc2ccccc2)ncn1)C1CCS(=O)(=O)C1. The zero-order valence-electron chi connectivity index (χ0n) is 15.1. The topological polar surface area (TPSA) is 75.2 Å². The summed E-state index contributed by atoms with van der Waals surface area (Å²) in [5, 5.41) is 3.35. The van der Waals surface area contributed by atoms with Gasteiger partial charge in [-0.15, -0.1) is 0 Å². The largest absolute Gasteiger partial charge is 0.370 e. The van der Waals surface area contributed by atoms with Crippen molar-refractivity contribution < 1.29 is 8.42 Å². The molecule has 26 heavy (non-hydrogen) atoms. The smallest absolute Gasteiger partial charge is 0.152 e. The van der Waals surface area contributed by atoms with Gasteiger partial charge in [0.2, 0.25) is 0 Å². The van der Waals surface area contributed by atoms with Crippen LogP contribution in [-0.4, -0.2) is 49.0 Å². The van der Waals surface area contributed by atoms with Crippen LogP contribution in [0, 0.1) is 0 Å². The van der Waals surface area contributed by atoms with Gasteiger partial charge in [-0.3, -0.25) is 0 Å². The lowest BCUT2D eigenvalue weighted by Crippen LogP contribution is -2.36. The van der Waals surface area contributed by atoms with Gasteiger partial charge in [-0.25, -0.2) is 18.4 Å². The number of aryl methyl sites for hydroxylation is 1. The van der Waals surface area contributed by atoms with E-state index >= 15 is 0 Å². The number of sulfone groups is 1. The molecule has 1 N–H and O–H groups in total. The van der Waals surface area contributed by atoms with Gasteiger partial charge in [0.15, 0.2) is 9.84 Å². The first kappa shape index (κ1) is 18.6. The van der Waals surface area contributed by atoms with E-state index in [0.717, 1.165) is 37.6 Å². The Kier molecular flexibility index (Phi) is 6.08. The molecule has 3 rings (SSSR count). The van der Waals surface area contributed by atoms with Crippen LogP contribution >= 0.6 is 0 Å². The van der Waals surface area contributed by atoms with Crippen LogP contribution < -0.4 is 10.2 Å². The number of hydrogen-bond donors (Lipinski definition) is 1. The molecule has 1 atom stereocenters. The molecule has 1 aliphatic heterocycles. The first-order chi connectivity index (χ1) is 12.6. The van der Waals surface area contributed by atoms with Crippen LogP contribution in [-0.2, 0) is 16.3 Å². The van der Waals surface area contributed by atoms with E-state index in [0.29, 0.717) is 6.42 Å². The van der Waals surface area contributed by atoms with E-state index in [2.05, 4.69) is 44.5 Å². The van der Waals surface area contributed by atoms with E-state index in [4.69, 9.17) is 0 Å². The number of aromatic nitrogens is 2. The molecule has 0 spiro atoms. The zero-order valence-corrected chi connectivity index (χ0v) is 16.0. The highest BCUT2D eigenvalue weighted by molar-refractivity contribution is 7.91. The molecule has 1 saturated heterocycles. The maximum absolute atomic E-state index is 11.8. The molecule has 0 bridgehead atoms. The van der Waals surface area contributed by atoms with Gasteiger partial charge in [0.25, 0.3) is 0 Å². The molecule has 0 aliphatic carbocycles. The minimum Gasteiger partial charge on any atom is -0.370 e. The molecule has 2 aromatic rings. The van der Waals surface area contributed by atoms with Crippen molar-refractivity contribution >= 4 is 21.5 Å². The Morgan fingerprint density at radius 2 is 2.04 bits per heavy atom. The maximum atomic E-state index is 11.8. The molecule has 0 radical (unpaired) electrons. The van der Waals surface area contributed by atoms with Gasteiger partial charge in [-0.1, -0.05) is 30.3 Å². The van der Waals surface area contributed by atoms with Crippen LogP contribution in [0.1, 0.15) is 25.3 Å². The van der Waals surface area contributed by atoms with E-state index in [1.165, 1.54) is 5.56 Å². The number of rotatable bonds is 8. The molecule has 2 heterocycles. The molecule has 1 aromatic heterocycles. The van der Waals surface area contributed by atoms with Gasteiger partial charge in [-0.05, 0) is 31.7 Å². The fraction of sp³-hybridized carbons (Fsp3) is 0.474. The third-order valence-electron chi connectivity index (χ3n) is 4.73. The Morgan fingerprint density at radius 3 is 2.73 bits per heavy atom. The zero-order chi connectivity index (χ0) is 18.4. The Morgan fingerprint density at radius 1 is 1.23 bits per heavy atom. The molecule has 0 saturated carbocycles. The highest BCUT2D eigenvalue weighted by Gasteiger charge is 2.32. The molecule has 6 nitrogen and oxygen atoms in total. The van der Waals surface area contributed by atoms with Crippen molar-refractivity contribution in [3.05, 3.63) is 48.3 Å². The van der Waals surface area contributed by atoms with Crippen LogP contribution in [0.25, 0.3) is 0 Å². The fourth-order valence-corrected chi connectivity index (χ4v) is 5.11. The van der Waals surface area contributed by atoms with Gasteiger partial charge in [-0.2, -0.15) is 0 Å². The second kappa shape index (κ2) is 8.49. The summed E-state index contributed by atoms with van der Waals surface area (Å²) < 4.78 is 23.6. The Hall–Kier alpha value is -2.15. The molecular formula is C19H26N4O2S. The average Bonchev–Trinajstić information content (AvgIpc) is 3.00. The predicted octanol–water partition coefficient (Wildman–Crippen LogP) is 2.53. The van der Waals surface area contributed by atoms with Gasteiger partial charge in [0.05, 0.1) is 11.5 Å². The molecular weight excluding hydrogens is 348 g/mol. The summed E-state index contributed by atoms with van der Waals surface area (Å²) in [6.45, 7) is 3.58.